The van der Waals surface area contributed by atoms with Gasteiger partial charge in [0.2, 0.25) is 0 Å². The molecule has 0 atom stereocenters. The number of hydrogen-bond acceptors (Lipinski definition) is 3. The predicted molar refractivity (Wildman–Crippen MR) is 78.5 cm³/mol. The van der Waals surface area contributed by atoms with Gasteiger partial charge in [-0.25, -0.2) is 9.78 Å². The standard InChI is InChI=1S/C17H13NO2/c1-20-17(19)14-8-4-3-7-13(14)16-11-10-12-6-2-5-9-15(12)18-16/h2-11H,1H3. The highest BCUT2D eigenvalue weighted by Crippen LogP contribution is 2.24. The Kier molecular flexibility index (Phi) is 3.17. The Hall–Kier alpha value is -2.68. The first-order valence-corrected chi connectivity index (χ1v) is 6.33. The molecule has 3 rings (SSSR count). The number of hydrogen-bond donors (Lipinski definition) is 0. The SMILES string of the molecule is COC(=O)c1ccccc1-c1ccc2ccccc2n1. The van der Waals surface area contributed by atoms with Gasteiger partial charge in [-0.2, -0.15) is 0 Å². The first-order valence-electron chi connectivity index (χ1n) is 6.33. The summed E-state index contributed by atoms with van der Waals surface area (Å²) in [6.07, 6.45) is 0. The van der Waals surface area contributed by atoms with Crippen LogP contribution in [0.3, 0.4) is 0 Å². The van der Waals surface area contributed by atoms with Crippen LogP contribution in [0.25, 0.3) is 22.2 Å². The maximum Gasteiger partial charge on any atom is 0.338 e. The topological polar surface area (TPSA) is 39.2 Å². The van der Waals surface area contributed by atoms with Crippen LogP contribution in [-0.4, -0.2) is 18.1 Å². The lowest BCUT2D eigenvalue weighted by molar-refractivity contribution is 0.0601. The molecule has 0 unspecified atom stereocenters. The minimum Gasteiger partial charge on any atom is -0.465 e. The number of fused-ring (bicyclic) bond motifs is 1. The fraction of sp³-hybridized carbons (Fsp3) is 0.0588. The highest BCUT2D eigenvalue weighted by molar-refractivity contribution is 5.97. The molecule has 0 fully saturated rings. The Morgan fingerprint density at radius 1 is 0.950 bits per heavy atom. The van der Waals surface area contributed by atoms with Crippen molar-refractivity contribution in [1.82, 2.24) is 4.98 Å². The lowest BCUT2D eigenvalue weighted by atomic mass is 10.0. The van der Waals surface area contributed by atoms with E-state index in [1.165, 1.54) is 7.11 Å². The molecule has 0 aliphatic heterocycles. The molecule has 98 valence electrons. The molecule has 0 bridgehead atoms. The van der Waals surface area contributed by atoms with Crippen LogP contribution in [0, 0.1) is 0 Å². The summed E-state index contributed by atoms with van der Waals surface area (Å²) in [6, 6.07) is 19.2. The summed E-state index contributed by atoms with van der Waals surface area (Å²) in [6.45, 7) is 0. The van der Waals surface area contributed by atoms with E-state index in [1.54, 1.807) is 6.07 Å². The molecule has 0 radical (unpaired) electrons. The van der Waals surface area contributed by atoms with Crippen LogP contribution >= 0.6 is 0 Å². The van der Waals surface area contributed by atoms with Crippen molar-refractivity contribution in [2.75, 3.05) is 7.11 Å². The van der Waals surface area contributed by atoms with Crippen molar-refractivity contribution < 1.29 is 9.53 Å². The first-order chi connectivity index (χ1) is 9.79. The minimum absolute atomic E-state index is 0.351. The van der Waals surface area contributed by atoms with Gasteiger partial charge in [-0.3, -0.25) is 0 Å². The van der Waals surface area contributed by atoms with E-state index in [-0.39, 0.29) is 5.97 Å². The number of nitrogens with zero attached hydrogens (tertiary/aromatic N) is 1. The summed E-state index contributed by atoms with van der Waals surface area (Å²) in [5, 5.41) is 1.08. The molecule has 0 N–H and O–H groups in total. The minimum atomic E-state index is -0.351. The lowest BCUT2D eigenvalue weighted by Crippen LogP contribution is -2.03. The summed E-state index contributed by atoms with van der Waals surface area (Å²) in [5.74, 6) is -0.351. The Morgan fingerprint density at radius 2 is 1.70 bits per heavy atom. The van der Waals surface area contributed by atoms with Crippen molar-refractivity contribution in [2.24, 2.45) is 0 Å². The van der Waals surface area contributed by atoms with E-state index < -0.39 is 0 Å². The van der Waals surface area contributed by atoms with Crippen LogP contribution in [0.1, 0.15) is 10.4 Å². The van der Waals surface area contributed by atoms with Gasteiger partial charge in [0.1, 0.15) is 0 Å². The number of aromatic nitrogens is 1. The summed E-state index contributed by atoms with van der Waals surface area (Å²) in [5.41, 5.74) is 2.98. The maximum absolute atomic E-state index is 11.8. The number of methoxy groups -OCH3 is 1. The number of esters is 1. The Labute approximate surface area is 116 Å². The molecule has 3 heteroatoms. The Balaban J connectivity index is 2.18. The van der Waals surface area contributed by atoms with Gasteiger partial charge in [0.15, 0.2) is 0 Å². The van der Waals surface area contributed by atoms with Crippen LogP contribution in [0.2, 0.25) is 0 Å². The van der Waals surface area contributed by atoms with Gasteiger partial charge in [0.05, 0.1) is 23.9 Å². The molecule has 0 spiro atoms. The number of para-hydroxylation sites is 1. The first kappa shape index (κ1) is 12.4. The van der Waals surface area contributed by atoms with Gasteiger partial charge >= 0.3 is 5.97 Å². The van der Waals surface area contributed by atoms with E-state index in [9.17, 15) is 4.79 Å². The number of carbonyl (C=O) groups is 1. The molecular weight excluding hydrogens is 250 g/mol. The van der Waals surface area contributed by atoms with Crippen molar-refractivity contribution in [3.8, 4) is 11.3 Å². The van der Waals surface area contributed by atoms with E-state index in [2.05, 4.69) is 4.98 Å². The average molecular weight is 263 g/mol. The fourth-order valence-electron chi connectivity index (χ4n) is 2.21. The normalized spacial score (nSPS) is 10.4. The van der Waals surface area contributed by atoms with Gasteiger partial charge in [0, 0.05) is 10.9 Å². The smallest absolute Gasteiger partial charge is 0.338 e. The zero-order chi connectivity index (χ0) is 13.9. The zero-order valence-corrected chi connectivity index (χ0v) is 11.0. The van der Waals surface area contributed by atoms with Crippen molar-refractivity contribution in [1.29, 1.82) is 0 Å². The molecule has 0 aliphatic rings. The molecule has 0 aliphatic carbocycles. The molecule has 0 saturated carbocycles. The third-order valence-electron chi connectivity index (χ3n) is 3.21. The summed E-state index contributed by atoms with van der Waals surface area (Å²) in [7, 11) is 1.38. The van der Waals surface area contributed by atoms with Crippen molar-refractivity contribution in [2.45, 2.75) is 0 Å². The quantitative estimate of drug-likeness (QED) is 0.662. The van der Waals surface area contributed by atoms with Crippen LogP contribution in [0.5, 0.6) is 0 Å². The monoisotopic (exact) mass is 263 g/mol. The molecule has 1 heterocycles. The molecular formula is C17H13NO2. The summed E-state index contributed by atoms with van der Waals surface area (Å²) in [4.78, 5) is 16.4. The third-order valence-corrected chi connectivity index (χ3v) is 3.21. The second-order valence-corrected chi connectivity index (χ2v) is 4.43. The second-order valence-electron chi connectivity index (χ2n) is 4.43. The van der Waals surface area contributed by atoms with Crippen LogP contribution in [0.4, 0.5) is 0 Å². The van der Waals surface area contributed by atoms with E-state index in [0.29, 0.717) is 5.56 Å². The highest BCUT2D eigenvalue weighted by Gasteiger charge is 2.13. The van der Waals surface area contributed by atoms with Crippen LogP contribution in [-0.2, 0) is 4.74 Å². The van der Waals surface area contributed by atoms with E-state index in [4.69, 9.17) is 4.74 Å². The molecule has 3 nitrogen and oxygen atoms in total. The van der Waals surface area contributed by atoms with Gasteiger partial charge in [-0.05, 0) is 18.2 Å². The van der Waals surface area contributed by atoms with Crippen molar-refractivity contribution in [3.05, 3.63) is 66.2 Å². The van der Waals surface area contributed by atoms with Gasteiger partial charge in [-0.15, -0.1) is 0 Å². The van der Waals surface area contributed by atoms with Gasteiger partial charge in [-0.1, -0.05) is 42.5 Å². The van der Waals surface area contributed by atoms with E-state index in [0.717, 1.165) is 22.2 Å². The molecule has 2 aromatic carbocycles. The average Bonchev–Trinajstić information content (AvgIpc) is 2.53. The largest absolute Gasteiger partial charge is 0.465 e. The zero-order valence-electron chi connectivity index (χ0n) is 11.0. The van der Waals surface area contributed by atoms with Gasteiger partial charge in [0.25, 0.3) is 0 Å². The van der Waals surface area contributed by atoms with Crippen molar-refractivity contribution >= 4 is 16.9 Å². The maximum atomic E-state index is 11.8. The number of pyridine rings is 1. The molecule has 3 aromatic rings. The molecule has 20 heavy (non-hydrogen) atoms. The second kappa shape index (κ2) is 5.13. The van der Waals surface area contributed by atoms with E-state index >= 15 is 0 Å². The van der Waals surface area contributed by atoms with Crippen LogP contribution < -0.4 is 0 Å². The van der Waals surface area contributed by atoms with Gasteiger partial charge < -0.3 is 4.74 Å². The lowest BCUT2D eigenvalue weighted by Gasteiger charge is -2.08. The van der Waals surface area contributed by atoms with Crippen LogP contribution in [0.15, 0.2) is 60.7 Å². The Bertz CT molecular complexity index is 781. The molecule has 1 aromatic heterocycles. The number of benzene rings is 2. The third kappa shape index (κ3) is 2.14. The fourth-order valence-corrected chi connectivity index (χ4v) is 2.21. The molecule has 0 saturated heterocycles. The van der Waals surface area contributed by atoms with E-state index in [1.807, 2.05) is 54.6 Å². The number of carbonyl (C=O) groups excluding carboxylic acids is 1. The Morgan fingerprint density at radius 3 is 2.55 bits per heavy atom. The summed E-state index contributed by atoms with van der Waals surface area (Å²) < 4.78 is 4.82. The number of rotatable bonds is 2. The van der Waals surface area contributed by atoms with Crippen molar-refractivity contribution in [3.63, 3.8) is 0 Å². The predicted octanol–water partition coefficient (Wildman–Crippen LogP) is 3.69. The highest BCUT2D eigenvalue weighted by atomic mass is 16.5. The summed E-state index contributed by atoms with van der Waals surface area (Å²) >= 11 is 0. The molecule has 0 amide bonds. The number of ether oxygens (including phenoxy) is 1.